The molecule has 2 aromatic rings. The van der Waals surface area contributed by atoms with Crippen LogP contribution in [0.1, 0.15) is 18.4 Å². The largest absolute Gasteiger partial charge is 0.497 e. The number of amides is 2. The molecule has 1 aliphatic heterocycles. The van der Waals surface area contributed by atoms with Crippen molar-refractivity contribution >= 4 is 75.1 Å². The molecule has 1 aliphatic rings. The van der Waals surface area contributed by atoms with E-state index in [0.29, 0.717) is 43.7 Å². The Morgan fingerprint density at radius 3 is 2.80 bits per heavy atom. The van der Waals surface area contributed by atoms with Gasteiger partial charge in [0.1, 0.15) is 10.1 Å². The zero-order valence-corrected chi connectivity index (χ0v) is 19.1. The van der Waals surface area contributed by atoms with Gasteiger partial charge in [0.25, 0.3) is 5.91 Å². The predicted octanol–water partition coefficient (Wildman–Crippen LogP) is 5.62. The molecule has 9 heteroatoms. The third-order valence-electron chi connectivity index (χ3n) is 4.28. The summed E-state index contributed by atoms with van der Waals surface area (Å²) >= 11 is 18.6. The maximum Gasteiger partial charge on any atom is 0.266 e. The SMILES string of the molecule is COc1cccc(C=C2SC(=S)N(CCCC(=O)Nc3cccc(Cl)c3Cl)C2=O)c1. The second kappa shape index (κ2) is 10.3. The molecule has 1 heterocycles. The molecule has 2 amide bonds. The number of carbonyl (C=O) groups is 2. The summed E-state index contributed by atoms with van der Waals surface area (Å²) in [5.41, 5.74) is 1.31. The predicted molar refractivity (Wildman–Crippen MR) is 127 cm³/mol. The highest BCUT2D eigenvalue weighted by Crippen LogP contribution is 2.33. The Balaban J connectivity index is 1.56. The van der Waals surface area contributed by atoms with Crippen LogP contribution in [0.5, 0.6) is 5.75 Å². The van der Waals surface area contributed by atoms with E-state index >= 15 is 0 Å². The first-order chi connectivity index (χ1) is 14.4. The van der Waals surface area contributed by atoms with Crippen molar-refractivity contribution in [3.8, 4) is 5.75 Å². The van der Waals surface area contributed by atoms with Gasteiger partial charge >= 0.3 is 0 Å². The van der Waals surface area contributed by atoms with Crippen molar-refractivity contribution in [3.05, 3.63) is 63.0 Å². The Morgan fingerprint density at radius 2 is 2.03 bits per heavy atom. The summed E-state index contributed by atoms with van der Waals surface area (Å²) in [6, 6.07) is 12.5. The smallest absolute Gasteiger partial charge is 0.266 e. The monoisotopic (exact) mass is 480 g/mol. The highest BCUT2D eigenvalue weighted by molar-refractivity contribution is 8.26. The second-order valence-corrected chi connectivity index (χ2v) is 8.82. The molecule has 0 radical (unpaired) electrons. The van der Waals surface area contributed by atoms with Gasteiger partial charge < -0.3 is 10.1 Å². The number of rotatable bonds is 7. The van der Waals surface area contributed by atoms with Crippen LogP contribution in [0.15, 0.2) is 47.4 Å². The first-order valence-corrected chi connectivity index (χ1v) is 11.0. The van der Waals surface area contributed by atoms with Gasteiger partial charge in [0.15, 0.2) is 0 Å². The number of benzene rings is 2. The van der Waals surface area contributed by atoms with Crippen LogP contribution in [0.3, 0.4) is 0 Å². The number of thiocarbonyl (C=S) groups is 1. The van der Waals surface area contributed by atoms with E-state index in [1.807, 2.05) is 24.3 Å². The quantitative estimate of drug-likeness (QED) is 0.411. The summed E-state index contributed by atoms with van der Waals surface area (Å²) in [7, 11) is 1.59. The van der Waals surface area contributed by atoms with Crippen molar-refractivity contribution in [1.29, 1.82) is 0 Å². The highest BCUT2D eigenvalue weighted by Gasteiger charge is 2.31. The molecule has 30 heavy (non-hydrogen) atoms. The van der Waals surface area contributed by atoms with Crippen LogP contribution in [-0.4, -0.2) is 34.7 Å². The summed E-state index contributed by atoms with van der Waals surface area (Å²) in [5, 5.41) is 3.40. The van der Waals surface area contributed by atoms with E-state index in [1.54, 1.807) is 31.4 Å². The molecule has 1 N–H and O–H groups in total. The fourth-order valence-corrected chi connectivity index (χ4v) is 4.44. The Labute approximate surface area is 194 Å². The molecule has 0 aliphatic carbocycles. The van der Waals surface area contributed by atoms with Crippen molar-refractivity contribution in [2.75, 3.05) is 19.0 Å². The first-order valence-electron chi connectivity index (χ1n) is 9.02. The van der Waals surface area contributed by atoms with E-state index in [0.717, 1.165) is 5.56 Å². The second-order valence-electron chi connectivity index (χ2n) is 6.36. The van der Waals surface area contributed by atoms with Crippen LogP contribution in [-0.2, 0) is 9.59 Å². The summed E-state index contributed by atoms with van der Waals surface area (Å²) in [5.74, 6) is 0.340. The van der Waals surface area contributed by atoms with Crippen molar-refractivity contribution in [2.24, 2.45) is 0 Å². The van der Waals surface area contributed by atoms with Gasteiger partial charge in [0, 0.05) is 13.0 Å². The number of anilines is 1. The zero-order valence-electron chi connectivity index (χ0n) is 16.0. The van der Waals surface area contributed by atoms with E-state index in [4.69, 9.17) is 40.2 Å². The average Bonchev–Trinajstić information content (AvgIpc) is 2.99. The number of methoxy groups -OCH3 is 1. The van der Waals surface area contributed by atoms with Crippen LogP contribution in [0.4, 0.5) is 5.69 Å². The van der Waals surface area contributed by atoms with Crippen LogP contribution < -0.4 is 10.1 Å². The average molecular weight is 481 g/mol. The van der Waals surface area contributed by atoms with Gasteiger partial charge in [0.2, 0.25) is 5.91 Å². The standard InChI is InChI=1S/C21H18Cl2N2O3S2/c1-28-14-6-2-5-13(11-14)12-17-20(27)25(21(29)30-17)10-4-9-18(26)24-16-8-3-7-15(22)19(16)23/h2-3,5-8,11-12H,4,9-10H2,1H3,(H,24,26). The summed E-state index contributed by atoms with van der Waals surface area (Å²) in [6.07, 6.45) is 2.47. The number of nitrogens with zero attached hydrogens (tertiary/aromatic N) is 1. The van der Waals surface area contributed by atoms with E-state index in [-0.39, 0.29) is 18.2 Å². The van der Waals surface area contributed by atoms with Crippen LogP contribution in [0, 0.1) is 0 Å². The number of thioether (sulfide) groups is 1. The molecule has 0 spiro atoms. The number of ether oxygens (including phenoxy) is 1. The Hall–Kier alpha value is -2.06. The third-order valence-corrected chi connectivity index (χ3v) is 6.47. The molecule has 2 aromatic carbocycles. The molecule has 0 unspecified atom stereocenters. The lowest BCUT2D eigenvalue weighted by molar-refractivity contribution is -0.122. The maximum atomic E-state index is 12.7. The minimum atomic E-state index is -0.212. The fourth-order valence-electron chi connectivity index (χ4n) is 2.79. The van der Waals surface area contributed by atoms with E-state index in [9.17, 15) is 9.59 Å². The minimum absolute atomic E-state index is 0.161. The van der Waals surface area contributed by atoms with Crippen molar-refractivity contribution in [1.82, 2.24) is 4.90 Å². The third kappa shape index (κ3) is 5.55. The molecule has 0 saturated carbocycles. The molecule has 3 rings (SSSR count). The van der Waals surface area contributed by atoms with Gasteiger partial charge in [-0.1, -0.05) is 65.4 Å². The van der Waals surface area contributed by atoms with Crippen molar-refractivity contribution in [3.63, 3.8) is 0 Å². The Bertz CT molecular complexity index is 1030. The van der Waals surface area contributed by atoms with Crippen molar-refractivity contribution < 1.29 is 14.3 Å². The van der Waals surface area contributed by atoms with Crippen LogP contribution >= 0.6 is 47.2 Å². The Morgan fingerprint density at radius 1 is 1.27 bits per heavy atom. The number of halogens is 2. The van der Waals surface area contributed by atoms with Gasteiger partial charge in [-0.3, -0.25) is 14.5 Å². The first kappa shape index (κ1) is 22.6. The van der Waals surface area contributed by atoms with E-state index in [2.05, 4.69) is 5.32 Å². The molecule has 0 atom stereocenters. The molecule has 1 saturated heterocycles. The lowest BCUT2D eigenvalue weighted by Gasteiger charge is -2.14. The molecule has 156 valence electrons. The van der Waals surface area contributed by atoms with Crippen molar-refractivity contribution in [2.45, 2.75) is 12.8 Å². The van der Waals surface area contributed by atoms with E-state index in [1.165, 1.54) is 16.7 Å². The lowest BCUT2D eigenvalue weighted by atomic mass is 10.2. The van der Waals surface area contributed by atoms with Crippen LogP contribution in [0.2, 0.25) is 10.0 Å². The molecule has 0 aromatic heterocycles. The fraction of sp³-hybridized carbons (Fsp3) is 0.190. The lowest BCUT2D eigenvalue weighted by Crippen LogP contribution is -2.29. The maximum absolute atomic E-state index is 12.7. The Kier molecular flexibility index (Phi) is 7.77. The van der Waals surface area contributed by atoms with Gasteiger partial charge in [-0.2, -0.15) is 0 Å². The topological polar surface area (TPSA) is 58.6 Å². The number of nitrogens with one attached hydrogen (secondary N) is 1. The number of carbonyl (C=O) groups excluding carboxylic acids is 2. The van der Waals surface area contributed by atoms with Gasteiger partial charge in [0.05, 0.1) is 27.7 Å². The highest BCUT2D eigenvalue weighted by atomic mass is 35.5. The normalized spacial score (nSPS) is 15.0. The zero-order chi connectivity index (χ0) is 21.7. The summed E-state index contributed by atoms with van der Waals surface area (Å²) in [4.78, 5) is 27.0. The molecular weight excluding hydrogens is 463 g/mol. The minimum Gasteiger partial charge on any atom is -0.497 e. The molecule has 0 bridgehead atoms. The molecule has 1 fully saturated rings. The van der Waals surface area contributed by atoms with Gasteiger partial charge in [-0.25, -0.2) is 0 Å². The van der Waals surface area contributed by atoms with Gasteiger partial charge in [-0.05, 0) is 42.3 Å². The van der Waals surface area contributed by atoms with E-state index < -0.39 is 0 Å². The summed E-state index contributed by atoms with van der Waals surface area (Å²) < 4.78 is 5.69. The van der Waals surface area contributed by atoms with Crippen LogP contribution in [0.25, 0.3) is 6.08 Å². The number of hydrogen-bond acceptors (Lipinski definition) is 5. The molecular formula is C21H18Cl2N2O3S2. The van der Waals surface area contributed by atoms with Gasteiger partial charge in [-0.15, -0.1) is 0 Å². The molecule has 5 nitrogen and oxygen atoms in total. The number of hydrogen-bond donors (Lipinski definition) is 1. The summed E-state index contributed by atoms with van der Waals surface area (Å²) in [6.45, 7) is 0.358.